The summed E-state index contributed by atoms with van der Waals surface area (Å²) in [5.41, 5.74) is 9.47. The summed E-state index contributed by atoms with van der Waals surface area (Å²) in [5, 5.41) is 3.53. The molecule has 0 radical (unpaired) electrons. The summed E-state index contributed by atoms with van der Waals surface area (Å²) in [4.78, 5) is 34.6. The molecule has 0 bridgehead atoms. The maximum Gasteiger partial charge on any atom is 0.267 e. The van der Waals surface area contributed by atoms with Crippen LogP contribution in [-0.4, -0.2) is 31.2 Å². The molecule has 38 heavy (non-hydrogen) atoms. The summed E-state index contributed by atoms with van der Waals surface area (Å²) in [6.45, 7) is 0. The smallest absolute Gasteiger partial charge is 0.267 e. The molecule has 1 fully saturated rings. The number of hydrogen-bond acceptors (Lipinski definition) is 5. The van der Waals surface area contributed by atoms with Crippen molar-refractivity contribution in [2.24, 2.45) is 0 Å². The molecule has 2 atom stereocenters. The minimum atomic E-state index is -0.815. The second-order valence-electron chi connectivity index (χ2n) is 9.44. The summed E-state index contributed by atoms with van der Waals surface area (Å²) >= 11 is 0. The van der Waals surface area contributed by atoms with E-state index in [9.17, 15) is 14.0 Å². The fourth-order valence-electron chi connectivity index (χ4n) is 5.15. The predicted molar refractivity (Wildman–Crippen MR) is 145 cm³/mol. The Labute approximate surface area is 217 Å². The number of nitrogens with two attached hydrogens (primary N) is 1. The molecule has 1 amide bonds. The van der Waals surface area contributed by atoms with Crippen LogP contribution in [-0.2, 0) is 0 Å². The third-order valence-corrected chi connectivity index (χ3v) is 7.05. The summed E-state index contributed by atoms with van der Waals surface area (Å²) in [6.07, 6.45) is 5.93. The molecule has 1 aliphatic carbocycles. The summed E-state index contributed by atoms with van der Waals surface area (Å²) < 4.78 is 17.4. The van der Waals surface area contributed by atoms with Gasteiger partial charge in [-0.2, -0.15) is 0 Å². The number of anilines is 2. The van der Waals surface area contributed by atoms with Crippen molar-refractivity contribution < 1.29 is 9.18 Å². The Bertz CT molecular complexity index is 1690. The molecule has 5 aromatic rings. The van der Waals surface area contributed by atoms with Crippen LogP contribution in [0.1, 0.15) is 35.7 Å². The third-order valence-electron chi connectivity index (χ3n) is 7.05. The van der Waals surface area contributed by atoms with Crippen LogP contribution in [0.2, 0.25) is 0 Å². The Morgan fingerprint density at radius 3 is 2.53 bits per heavy atom. The third kappa shape index (κ3) is 4.21. The van der Waals surface area contributed by atoms with E-state index in [1.807, 2.05) is 41.1 Å². The van der Waals surface area contributed by atoms with Gasteiger partial charge in [0.25, 0.3) is 11.5 Å². The molecule has 2 aromatic carbocycles. The zero-order chi connectivity index (χ0) is 26.2. The van der Waals surface area contributed by atoms with Crippen molar-refractivity contribution in [3.8, 4) is 16.8 Å². The molecule has 3 N–H and O–H groups in total. The van der Waals surface area contributed by atoms with Crippen LogP contribution in [0.3, 0.4) is 0 Å². The van der Waals surface area contributed by atoms with E-state index in [1.54, 1.807) is 36.5 Å². The van der Waals surface area contributed by atoms with Crippen molar-refractivity contribution in [1.29, 1.82) is 0 Å². The van der Waals surface area contributed by atoms with E-state index in [1.165, 1.54) is 17.0 Å². The van der Waals surface area contributed by atoms with Crippen molar-refractivity contribution in [2.45, 2.75) is 31.5 Å². The molecule has 0 aliphatic heterocycles. The lowest BCUT2D eigenvalue weighted by molar-refractivity contribution is 0.102. The quantitative estimate of drug-likeness (QED) is 0.342. The minimum Gasteiger partial charge on any atom is -0.383 e. The van der Waals surface area contributed by atoms with Gasteiger partial charge in [0.15, 0.2) is 0 Å². The molecule has 0 saturated heterocycles. The molecular weight excluding hydrogens is 483 g/mol. The molecule has 2 unspecified atom stereocenters. The number of nitrogens with one attached hydrogen (secondary N) is 1. The number of nitrogens with zero attached hydrogens (tertiary/aromatic N) is 4. The zero-order valence-corrected chi connectivity index (χ0v) is 20.4. The number of benzene rings is 2. The molecule has 3 heterocycles. The average Bonchev–Trinajstić information content (AvgIpc) is 3.54. The fourth-order valence-corrected chi connectivity index (χ4v) is 5.15. The van der Waals surface area contributed by atoms with Crippen molar-refractivity contribution in [1.82, 2.24) is 19.1 Å². The lowest BCUT2D eigenvalue weighted by Crippen LogP contribution is -2.27. The second-order valence-corrected chi connectivity index (χ2v) is 9.44. The number of para-hydroxylation sites is 1. The Hall–Kier alpha value is -4.79. The van der Waals surface area contributed by atoms with Gasteiger partial charge in [0.1, 0.15) is 29.5 Å². The van der Waals surface area contributed by atoms with E-state index >= 15 is 0 Å². The van der Waals surface area contributed by atoms with Crippen molar-refractivity contribution in [3.05, 3.63) is 101 Å². The lowest BCUT2D eigenvalue weighted by Gasteiger charge is -2.12. The van der Waals surface area contributed by atoms with Gasteiger partial charge >= 0.3 is 0 Å². The van der Waals surface area contributed by atoms with Gasteiger partial charge in [-0.15, -0.1) is 0 Å². The van der Waals surface area contributed by atoms with Crippen molar-refractivity contribution >= 4 is 28.4 Å². The average molecular weight is 509 g/mol. The number of nitrogen functional groups attached to an aromatic ring is 1. The second kappa shape index (κ2) is 9.59. The normalized spacial score (nSPS) is 17.1. The molecule has 8 nitrogen and oxygen atoms in total. The number of rotatable bonds is 5. The standard InChI is InChI=1S/C29H25FN6O2/c30-19-10-13-22(15-19)36-16-24(25-26(31)32-17-33-27(25)36)18-8-11-20(12-9-18)34-28(37)23-7-4-14-35(29(23)38)21-5-2-1-3-6-21/h1-9,11-12,14,16-17,19,22H,10,13,15H2,(H,34,37)(H2,31,32,33). The number of hydrogen-bond donors (Lipinski definition) is 2. The minimum absolute atomic E-state index is 0.0138. The van der Waals surface area contributed by atoms with Gasteiger partial charge in [-0.25, -0.2) is 14.4 Å². The maximum atomic E-state index is 13.9. The van der Waals surface area contributed by atoms with E-state index in [2.05, 4.69) is 15.3 Å². The van der Waals surface area contributed by atoms with Gasteiger partial charge < -0.3 is 15.6 Å². The van der Waals surface area contributed by atoms with Crippen LogP contribution < -0.4 is 16.6 Å². The highest BCUT2D eigenvalue weighted by Gasteiger charge is 2.28. The monoisotopic (exact) mass is 508 g/mol. The molecule has 3 aromatic heterocycles. The summed E-state index contributed by atoms with van der Waals surface area (Å²) in [5.74, 6) is -0.140. The number of alkyl halides is 1. The first kappa shape index (κ1) is 23.6. The van der Waals surface area contributed by atoms with E-state index in [0.29, 0.717) is 35.7 Å². The Morgan fingerprint density at radius 2 is 1.79 bits per heavy atom. The van der Waals surface area contributed by atoms with Crippen LogP contribution in [0, 0.1) is 0 Å². The van der Waals surface area contributed by atoms with Crippen LogP contribution in [0.15, 0.2) is 90.2 Å². The van der Waals surface area contributed by atoms with Gasteiger partial charge in [0.2, 0.25) is 0 Å². The summed E-state index contributed by atoms with van der Waals surface area (Å²) in [6, 6.07) is 19.6. The lowest BCUT2D eigenvalue weighted by atomic mass is 10.1. The van der Waals surface area contributed by atoms with Gasteiger partial charge in [-0.3, -0.25) is 14.2 Å². The number of aromatic nitrogens is 4. The molecule has 9 heteroatoms. The molecule has 1 saturated carbocycles. The Kier molecular flexibility index (Phi) is 5.95. The number of fused-ring (bicyclic) bond motifs is 1. The van der Waals surface area contributed by atoms with Crippen LogP contribution in [0.5, 0.6) is 0 Å². The highest BCUT2D eigenvalue weighted by Crippen LogP contribution is 2.39. The van der Waals surface area contributed by atoms with Gasteiger partial charge in [0, 0.05) is 35.4 Å². The van der Waals surface area contributed by atoms with Crippen molar-refractivity contribution in [3.63, 3.8) is 0 Å². The number of halogens is 1. The number of carbonyl (C=O) groups is 1. The largest absolute Gasteiger partial charge is 0.383 e. The van der Waals surface area contributed by atoms with Crippen LogP contribution in [0.4, 0.5) is 15.9 Å². The van der Waals surface area contributed by atoms with E-state index in [0.717, 1.165) is 22.9 Å². The topological polar surface area (TPSA) is 108 Å². The Balaban J connectivity index is 1.28. The predicted octanol–water partition coefficient (Wildman–Crippen LogP) is 5.15. The first-order valence-electron chi connectivity index (χ1n) is 12.4. The first-order valence-corrected chi connectivity index (χ1v) is 12.4. The SMILES string of the molecule is Nc1ncnc2c1c(-c1ccc(NC(=O)c3cccn(-c4ccccc4)c3=O)cc1)cn2C1CCC(F)C1. The maximum absolute atomic E-state index is 13.9. The highest BCUT2D eigenvalue weighted by atomic mass is 19.1. The first-order chi connectivity index (χ1) is 18.5. The molecule has 0 spiro atoms. The van der Waals surface area contributed by atoms with E-state index < -0.39 is 17.6 Å². The zero-order valence-electron chi connectivity index (χ0n) is 20.4. The van der Waals surface area contributed by atoms with E-state index in [4.69, 9.17) is 5.73 Å². The molecule has 1 aliphatic rings. The van der Waals surface area contributed by atoms with Gasteiger partial charge in [-0.1, -0.05) is 30.3 Å². The van der Waals surface area contributed by atoms with Crippen LogP contribution in [0.25, 0.3) is 27.8 Å². The molecular formula is C29H25FN6O2. The van der Waals surface area contributed by atoms with Gasteiger partial charge in [-0.05, 0) is 61.2 Å². The van der Waals surface area contributed by atoms with E-state index in [-0.39, 0.29) is 11.6 Å². The highest BCUT2D eigenvalue weighted by molar-refractivity contribution is 6.04. The van der Waals surface area contributed by atoms with Crippen molar-refractivity contribution in [2.75, 3.05) is 11.1 Å². The Morgan fingerprint density at radius 1 is 1.00 bits per heavy atom. The molecule has 190 valence electrons. The summed E-state index contributed by atoms with van der Waals surface area (Å²) in [7, 11) is 0. The van der Waals surface area contributed by atoms with Crippen LogP contribution >= 0.6 is 0 Å². The number of amides is 1. The molecule has 6 rings (SSSR count). The fraction of sp³-hybridized carbons (Fsp3) is 0.172. The van der Waals surface area contributed by atoms with Gasteiger partial charge in [0.05, 0.1) is 5.39 Å². The number of carbonyl (C=O) groups excluding carboxylic acids is 1. The number of pyridine rings is 1.